The first-order chi connectivity index (χ1) is 16.6. The minimum atomic E-state index is -5.87. The second-order valence-corrected chi connectivity index (χ2v) is 10.7. The first-order valence-electron chi connectivity index (χ1n) is 12.6. The van der Waals surface area contributed by atoms with Gasteiger partial charge < -0.3 is 15.3 Å². The van der Waals surface area contributed by atoms with Gasteiger partial charge in [0.25, 0.3) is 5.60 Å². The molecule has 2 fully saturated rings. The Bertz CT molecular complexity index is 887. The maximum Gasteiger partial charge on any atom is 0.429 e. The molecule has 204 valence electrons. The number of rotatable bonds is 6. The summed E-state index contributed by atoms with van der Waals surface area (Å²) in [6.45, 7) is 3.98. The summed E-state index contributed by atoms with van der Waals surface area (Å²) in [5.74, 6) is -0.0415. The molecule has 3 nitrogen and oxygen atoms in total. The Morgan fingerprint density at radius 1 is 1.06 bits per heavy atom. The van der Waals surface area contributed by atoms with Gasteiger partial charge in [0.15, 0.2) is 0 Å². The van der Waals surface area contributed by atoms with E-state index >= 15 is 0 Å². The van der Waals surface area contributed by atoms with Crippen LogP contribution in [0.15, 0.2) is 47.1 Å². The summed E-state index contributed by atoms with van der Waals surface area (Å²) in [6.07, 6.45) is -0.639. The molecule has 0 amide bonds. The fourth-order valence-electron chi connectivity index (χ4n) is 6.28. The summed E-state index contributed by atoms with van der Waals surface area (Å²) in [6, 6.07) is 0. The molecule has 0 aromatic rings. The van der Waals surface area contributed by atoms with Crippen LogP contribution in [-0.4, -0.2) is 45.5 Å². The molecule has 0 aromatic carbocycles. The molecule has 0 spiro atoms. The lowest BCUT2D eigenvalue weighted by atomic mass is 9.61. The molecular weight excluding hydrogens is 486 g/mol. The summed E-state index contributed by atoms with van der Waals surface area (Å²) < 4.78 is 78.1. The number of hydrogen-bond acceptors (Lipinski definition) is 3. The highest BCUT2D eigenvalue weighted by Crippen LogP contribution is 2.57. The zero-order valence-electron chi connectivity index (χ0n) is 20.7. The van der Waals surface area contributed by atoms with Crippen molar-refractivity contribution in [2.45, 2.75) is 102 Å². The Morgan fingerprint density at radius 3 is 2.22 bits per heavy atom. The largest absolute Gasteiger partial charge is 0.429 e. The number of aliphatic hydroxyl groups is 3. The Labute approximate surface area is 208 Å². The predicted molar refractivity (Wildman–Crippen MR) is 125 cm³/mol. The predicted octanol–water partition coefficient (Wildman–Crippen LogP) is 6.71. The highest BCUT2D eigenvalue weighted by molar-refractivity contribution is 5.35. The van der Waals surface area contributed by atoms with Crippen LogP contribution < -0.4 is 0 Å². The highest BCUT2D eigenvalue weighted by Gasteiger charge is 2.68. The topological polar surface area (TPSA) is 60.7 Å². The summed E-state index contributed by atoms with van der Waals surface area (Å²) in [4.78, 5) is 0. The van der Waals surface area contributed by atoms with Gasteiger partial charge >= 0.3 is 12.4 Å². The van der Waals surface area contributed by atoms with E-state index in [2.05, 4.69) is 19.1 Å². The number of halogens is 6. The maximum atomic E-state index is 13.0. The molecule has 3 aliphatic rings. The number of allylic oxidation sites excluding steroid dienone is 6. The van der Waals surface area contributed by atoms with Crippen molar-refractivity contribution in [3.8, 4) is 0 Å². The van der Waals surface area contributed by atoms with E-state index in [0.29, 0.717) is 25.7 Å². The van der Waals surface area contributed by atoms with Gasteiger partial charge in [-0.3, -0.25) is 0 Å². The molecule has 3 N–H and O–H groups in total. The van der Waals surface area contributed by atoms with Crippen LogP contribution in [-0.2, 0) is 0 Å². The molecule has 1 unspecified atom stereocenters. The summed E-state index contributed by atoms with van der Waals surface area (Å²) in [5.41, 5.74) is -1.82. The average molecular weight is 523 g/mol. The van der Waals surface area contributed by atoms with E-state index in [0.717, 1.165) is 42.9 Å². The van der Waals surface area contributed by atoms with Gasteiger partial charge in [-0.25, -0.2) is 0 Å². The average Bonchev–Trinajstić information content (AvgIpc) is 3.10. The monoisotopic (exact) mass is 522 g/mol. The van der Waals surface area contributed by atoms with Crippen LogP contribution in [0.5, 0.6) is 0 Å². The molecule has 0 aromatic heterocycles. The van der Waals surface area contributed by atoms with Crippen molar-refractivity contribution in [1.82, 2.24) is 0 Å². The highest BCUT2D eigenvalue weighted by atomic mass is 19.4. The lowest BCUT2D eigenvalue weighted by Gasteiger charge is -2.43. The van der Waals surface area contributed by atoms with E-state index in [-0.39, 0.29) is 29.7 Å². The van der Waals surface area contributed by atoms with Gasteiger partial charge in [0.2, 0.25) is 0 Å². The minimum Gasteiger partial charge on any atom is -0.393 e. The van der Waals surface area contributed by atoms with Crippen LogP contribution in [0.4, 0.5) is 26.3 Å². The molecule has 36 heavy (non-hydrogen) atoms. The molecule has 3 rings (SSSR count). The van der Waals surface area contributed by atoms with E-state index in [4.69, 9.17) is 0 Å². The molecule has 0 heterocycles. The Kier molecular flexibility index (Phi) is 8.58. The van der Waals surface area contributed by atoms with Crippen molar-refractivity contribution < 1.29 is 41.7 Å². The Balaban J connectivity index is 1.77. The van der Waals surface area contributed by atoms with Crippen LogP contribution >= 0.6 is 0 Å². The van der Waals surface area contributed by atoms with Gasteiger partial charge in [-0.15, -0.1) is 0 Å². The van der Waals surface area contributed by atoms with Crippen LogP contribution in [0, 0.1) is 17.3 Å². The van der Waals surface area contributed by atoms with Crippen LogP contribution in [0.2, 0.25) is 0 Å². The van der Waals surface area contributed by atoms with Gasteiger partial charge in [-0.1, -0.05) is 54.9 Å². The number of fused-ring (bicyclic) bond motifs is 1. The minimum absolute atomic E-state index is 0.0298. The smallest absolute Gasteiger partial charge is 0.393 e. The standard InChI is InChI=1S/C27H36F6O3/c1-3-18(6-5-13-25(36,26(28,29)30)27(31,32)33)22-10-11-23-19(7-4-12-24(22,23)2)9-8-17-14-20(34)16-21(35)15-17/h5,8-10,13,18,20-21,23,34-36H,3-4,6-7,11-12,14-16H2,1-2H3/b13-5-,19-9+/t18-,20-,21-,23?,24-/m1/s1. The maximum absolute atomic E-state index is 13.0. The molecule has 0 saturated heterocycles. The van der Waals surface area contributed by atoms with E-state index in [1.54, 1.807) is 0 Å². The van der Waals surface area contributed by atoms with E-state index in [1.165, 1.54) is 5.57 Å². The second-order valence-electron chi connectivity index (χ2n) is 10.7. The molecule has 0 radical (unpaired) electrons. The Morgan fingerprint density at radius 2 is 1.67 bits per heavy atom. The molecule has 3 aliphatic carbocycles. The van der Waals surface area contributed by atoms with Crippen LogP contribution in [0.25, 0.3) is 0 Å². The zero-order valence-corrected chi connectivity index (χ0v) is 20.7. The molecule has 9 heteroatoms. The fourth-order valence-corrected chi connectivity index (χ4v) is 6.28. The summed E-state index contributed by atoms with van der Waals surface area (Å²) in [5, 5.41) is 29.3. The quantitative estimate of drug-likeness (QED) is 0.268. The summed E-state index contributed by atoms with van der Waals surface area (Å²) >= 11 is 0. The first kappa shape index (κ1) is 29.0. The molecule has 0 aliphatic heterocycles. The fraction of sp³-hybridized carbons (Fsp3) is 0.704. The number of hydrogen-bond donors (Lipinski definition) is 3. The number of alkyl halides is 6. The Hall–Kier alpha value is -1.58. The second kappa shape index (κ2) is 10.7. The zero-order chi connectivity index (χ0) is 26.9. The van der Waals surface area contributed by atoms with Gasteiger partial charge in [0, 0.05) is 0 Å². The molecule has 0 bridgehead atoms. The number of aliphatic hydroxyl groups excluding tert-OH is 2. The van der Waals surface area contributed by atoms with Gasteiger partial charge in [0.1, 0.15) is 0 Å². The van der Waals surface area contributed by atoms with Gasteiger partial charge in [0.05, 0.1) is 12.2 Å². The van der Waals surface area contributed by atoms with Crippen molar-refractivity contribution >= 4 is 0 Å². The van der Waals surface area contributed by atoms with Gasteiger partial charge in [-0.05, 0) is 81.1 Å². The van der Waals surface area contributed by atoms with Crippen molar-refractivity contribution in [3.63, 3.8) is 0 Å². The molecule has 2 saturated carbocycles. The van der Waals surface area contributed by atoms with Crippen molar-refractivity contribution in [3.05, 3.63) is 47.1 Å². The lowest BCUT2D eigenvalue weighted by molar-refractivity contribution is -0.347. The normalized spacial score (nSPS) is 32.1. The van der Waals surface area contributed by atoms with Crippen molar-refractivity contribution in [2.75, 3.05) is 0 Å². The van der Waals surface area contributed by atoms with Crippen molar-refractivity contribution in [1.29, 1.82) is 0 Å². The van der Waals surface area contributed by atoms with Crippen LogP contribution in [0.1, 0.15) is 71.6 Å². The third-order valence-corrected chi connectivity index (χ3v) is 8.26. The first-order valence-corrected chi connectivity index (χ1v) is 12.6. The van der Waals surface area contributed by atoms with Crippen molar-refractivity contribution in [2.24, 2.45) is 17.3 Å². The van der Waals surface area contributed by atoms with E-state index in [9.17, 15) is 41.7 Å². The van der Waals surface area contributed by atoms with E-state index in [1.807, 2.05) is 13.0 Å². The third kappa shape index (κ3) is 5.78. The SMILES string of the molecule is CC[C@H](C/C=C\C(O)(C(F)(F)F)C(F)(F)F)C1=CCC2/C(=C/C=C3C[C@@H](O)C[C@H](O)C3)CCC[C@]12C. The summed E-state index contributed by atoms with van der Waals surface area (Å²) in [7, 11) is 0. The molecule has 5 atom stereocenters. The molecular formula is C27H36F6O3. The third-order valence-electron chi connectivity index (χ3n) is 8.26. The van der Waals surface area contributed by atoms with E-state index < -0.39 is 30.2 Å². The van der Waals surface area contributed by atoms with Crippen LogP contribution in [0.3, 0.4) is 0 Å². The lowest BCUT2D eigenvalue weighted by Crippen LogP contribution is -2.55. The van der Waals surface area contributed by atoms with Gasteiger partial charge in [-0.2, -0.15) is 26.3 Å².